The number of rotatable bonds is 27. The fourth-order valence-corrected chi connectivity index (χ4v) is 6.67. The Hall–Kier alpha value is -2.78. The van der Waals surface area contributed by atoms with Crippen LogP contribution in [0.2, 0.25) is 0 Å². The second-order valence-corrected chi connectivity index (χ2v) is 14.2. The number of hydrogen-bond acceptors (Lipinski definition) is 6. The van der Waals surface area contributed by atoms with Crippen LogP contribution in [0.15, 0.2) is 48.5 Å². The molecule has 1 aliphatic heterocycles. The number of benzene rings is 2. The number of carboxylic acids is 1. The number of aliphatic carboxylic acids is 1. The maximum atomic E-state index is 12.3. The molecule has 1 fully saturated rings. The molecule has 1 aliphatic rings. The lowest BCUT2D eigenvalue weighted by Gasteiger charge is -2.38. The third kappa shape index (κ3) is 17.0. The molecule has 280 valence electrons. The Bertz CT molecular complexity index is 1170. The van der Waals surface area contributed by atoms with Gasteiger partial charge in [-0.25, -0.2) is 0 Å². The smallest absolute Gasteiger partial charge is 0.303 e. The molecule has 0 aliphatic carbocycles. The molecule has 0 saturated carbocycles. The van der Waals surface area contributed by atoms with Crippen LogP contribution in [0.5, 0.6) is 0 Å². The van der Waals surface area contributed by atoms with Gasteiger partial charge in [0, 0.05) is 37.9 Å². The number of carbonyl (C=O) groups excluding carboxylic acids is 1. The van der Waals surface area contributed by atoms with Crippen molar-refractivity contribution in [1.82, 2.24) is 10.2 Å². The quantitative estimate of drug-likeness (QED) is 0.0800. The highest BCUT2D eigenvalue weighted by Gasteiger charge is 2.33. The van der Waals surface area contributed by atoms with E-state index in [2.05, 4.69) is 36.2 Å². The Labute approximate surface area is 302 Å². The number of carbonyl (C=O) groups is 2. The largest absolute Gasteiger partial charge is 0.481 e. The number of ether oxygens (including phenoxy) is 2. The molecule has 0 spiro atoms. The number of amides is 1. The van der Waals surface area contributed by atoms with Crippen LogP contribution in [-0.4, -0.2) is 52.7 Å². The van der Waals surface area contributed by atoms with Gasteiger partial charge in [-0.3, -0.25) is 9.59 Å². The summed E-state index contributed by atoms with van der Waals surface area (Å²) in [4.78, 5) is 25.6. The molecule has 8 nitrogen and oxygen atoms in total. The number of unbranched alkanes of at least 4 members (excludes halogenated alkanes) is 12. The highest BCUT2D eigenvalue weighted by molar-refractivity contribution is 5.75. The molecule has 0 unspecified atom stereocenters. The molecule has 8 heteroatoms. The average Bonchev–Trinajstić information content (AvgIpc) is 3.13. The van der Waals surface area contributed by atoms with Crippen LogP contribution < -0.4 is 5.32 Å². The fourth-order valence-electron chi connectivity index (χ4n) is 6.67. The minimum Gasteiger partial charge on any atom is -0.481 e. The summed E-state index contributed by atoms with van der Waals surface area (Å²) < 4.78 is 13.3. The van der Waals surface area contributed by atoms with E-state index in [1.54, 1.807) is 0 Å². The average molecular weight is 695 g/mol. The lowest BCUT2D eigenvalue weighted by atomic mass is 9.99. The molecule has 0 bridgehead atoms. The van der Waals surface area contributed by atoms with Crippen LogP contribution >= 0.6 is 0 Å². The Morgan fingerprint density at radius 2 is 1.24 bits per heavy atom. The number of aliphatic hydroxyl groups excluding tert-OH is 1. The molecule has 2 aromatic rings. The molecule has 1 saturated heterocycles. The molecule has 3 rings (SSSR count). The summed E-state index contributed by atoms with van der Waals surface area (Å²) in [6.45, 7) is 8.08. The van der Waals surface area contributed by atoms with Gasteiger partial charge in [0.1, 0.15) is 0 Å². The molecule has 3 N–H and O–H groups in total. The van der Waals surface area contributed by atoms with E-state index < -0.39 is 12.3 Å². The third-order valence-corrected chi connectivity index (χ3v) is 9.77. The van der Waals surface area contributed by atoms with Gasteiger partial charge >= 0.3 is 5.97 Å². The minimum atomic E-state index is -0.793. The topological polar surface area (TPSA) is 108 Å². The van der Waals surface area contributed by atoms with Gasteiger partial charge in [-0.15, -0.1) is 0 Å². The highest BCUT2D eigenvalue weighted by Crippen LogP contribution is 2.38. The molecule has 1 heterocycles. The van der Waals surface area contributed by atoms with Crippen molar-refractivity contribution in [2.45, 2.75) is 161 Å². The lowest BCUT2D eigenvalue weighted by molar-refractivity contribution is -0.253. The molecule has 2 aromatic carbocycles. The van der Waals surface area contributed by atoms with Gasteiger partial charge in [0.15, 0.2) is 6.29 Å². The molecule has 0 aromatic heterocycles. The van der Waals surface area contributed by atoms with E-state index in [1.165, 1.54) is 77.0 Å². The van der Waals surface area contributed by atoms with Crippen molar-refractivity contribution >= 4 is 11.9 Å². The first-order chi connectivity index (χ1) is 24.4. The van der Waals surface area contributed by atoms with Gasteiger partial charge in [-0.2, -0.15) is 0 Å². The maximum Gasteiger partial charge on any atom is 0.303 e. The fraction of sp³-hybridized carbons (Fsp3) is 0.667. The Morgan fingerprint density at radius 3 is 1.84 bits per heavy atom. The first kappa shape index (κ1) is 41.6. The Kier molecular flexibility index (Phi) is 21.0. The Morgan fingerprint density at radius 1 is 0.700 bits per heavy atom. The van der Waals surface area contributed by atoms with Gasteiger partial charge in [0.2, 0.25) is 5.91 Å². The van der Waals surface area contributed by atoms with Gasteiger partial charge in [0.25, 0.3) is 0 Å². The number of carboxylic acid groups (broad SMARTS) is 1. The van der Waals surface area contributed by atoms with E-state index in [-0.39, 0.29) is 31.1 Å². The van der Waals surface area contributed by atoms with E-state index in [9.17, 15) is 14.7 Å². The zero-order valence-corrected chi connectivity index (χ0v) is 31.1. The van der Waals surface area contributed by atoms with Crippen molar-refractivity contribution in [2.24, 2.45) is 0 Å². The number of nitrogens with one attached hydrogen (secondary N) is 1. The van der Waals surface area contributed by atoms with Crippen molar-refractivity contribution in [1.29, 1.82) is 0 Å². The van der Waals surface area contributed by atoms with Gasteiger partial charge in [-0.1, -0.05) is 133 Å². The molecular formula is C42H66N2O6. The van der Waals surface area contributed by atoms with Crippen LogP contribution in [-0.2, 0) is 32.2 Å². The van der Waals surface area contributed by atoms with Crippen molar-refractivity contribution in [3.8, 4) is 0 Å². The van der Waals surface area contributed by atoms with Crippen LogP contribution in [0.4, 0.5) is 0 Å². The monoisotopic (exact) mass is 694 g/mol. The van der Waals surface area contributed by atoms with Crippen molar-refractivity contribution < 1.29 is 29.3 Å². The van der Waals surface area contributed by atoms with E-state index in [0.717, 1.165) is 54.7 Å². The number of nitrogens with zero attached hydrogens (tertiary/aromatic N) is 1. The second-order valence-electron chi connectivity index (χ2n) is 14.2. The second kappa shape index (κ2) is 25.2. The molecule has 0 radical (unpaired) electrons. The summed E-state index contributed by atoms with van der Waals surface area (Å²) in [6.07, 6.45) is 18.2. The van der Waals surface area contributed by atoms with E-state index in [0.29, 0.717) is 25.8 Å². The summed E-state index contributed by atoms with van der Waals surface area (Å²) >= 11 is 0. The number of aliphatic hydroxyl groups is 1. The summed E-state index contributed by atoms with van der Waals surface area (Å²) in [5.41, 5.74) is 3.94. The maximum absolute atomic E-state index is 12.3. The van der Waals surface area contributed by atoms with Crippen LogP contribution in [0.1, 0.15) is 164 Å². The van der Waals surface area contributed by atoms with Crippen LogP contribution in [0.3, 0.4) is 0 Å². The summed E-state index contributed by atoms with van der Waals surface area (Å²) in [5.74, 6) is -0.814. The van der Waals surface area contributed by atoms with Crippen LogP contribution in [0, 0.1) is 0 Å². The molecular weight excluding hydrogens is 628 g/mol. The summed E-state index contributed by atoms with van der Waals surface area (Å²) in [5, 5.41) is 21.4. The van der Waals surface area contributed by atoms with E-state index in [1.807, 2.05) is 36.4 Å². The predicted molar refractivity (Wildman–Crippen MR) is 201 cm³/mol. The minimum absolute atomic E-state index is 0.0194. The van der Waals surface area contributed by atoms with Crippen molar-refractivity contribution in [3.63, 3.8) is 0 Å². The van der Waals surface area contributed by atoms with Gasteiger partial charge < -0.3 is 29.9 Å². The molecule has 1 amide bonds. The normalized spacial score (nSPS) is 17.6. The van der Waals surface area contributed by atoms with E-state index in [4.69, 9.17) is 14.6 Å². The summed E-state index contributed by atoms with van der Waals surface area (Å²) in [7, 11) is 0. The van der Waals surface area contributed by atoms with E-state index >= 15 is 0 Å². The highest BCUT2D eigenvalue weighted by atomic mass is 16.7. The predicted octanol–water partition coefficient (Wildman–Crippen LogP) is 9.40. The van der Waals surface area contributed by atoms with Crippen molar-refractivity contribution in [2.75, 3.05) is 19.6 Å². The van der Waals surface area contributed by atoms with Gasteiger partial charge in [0.05, 0.1) is 18.8 Å². The standard InChI is InChI=1S/C42H66N2O6/c1-3-5-7-9-11-16-28-44(29-17-12-10-8-6-4-2)32-38-30-39(36-24-22-35(33-45)23-25-36)50-42(49-38)37-26-20-34(21-27-37)31-43-40(46)18-14-13-15-19-41(47)48/h20-27,38-39,42,45H,3-19,28-33H2,1-2H3,(H,43,46)(H,47,48)/t38-,39+,42+/m0/s1. The van der Waals surface area contributed by atoms with Gasteiger partial charge in [-0.05, 0) is 55.5 Å². The SMILES string of the molecule is CCCCCCCCN(CCCCCCCC)C[C@@H]1C[C@H](c2ccc(CO)cc2)O[C@H](c2ccc(CNC(=O)CCCCCC(=O)O)cc2)O1. The lowest BCUT2D eigenvalue weighted by Crippen LogP contribution is -2.40. The zero-order chi connectivity index (χ0) is 35.8. The first-order valence-electron chi connectivity index (χ1n) is 19.7. The van der Waals surface area contributed by atoms with Crippen molar-refractivity contribution in [3.05, 3.63) is 70.8 Å². The molecule has 50 heavy (non-hydrogen) atoms. The first-order valence-corrected chi connectivity index (χ1v) is 19.7. The molecule has 3 atom stereocenters. The zero-order valence-electron chi connectivity index (χ0n) is 31.1. The Balaban J connectivity index is 1.64. The summed E-state index contributed by atoms with van der Waals surface area (Å²) in [6, 6.07) is 16.2. The number of hydrogen-bond donors (Lipinski definition) is 3. The van der Waals surface area contributed by atoms with Crippen LogP contribution in [0.25, 0.3) is 0 Å². The third-order valence-electron chi connectivity index (χ3n) is 9.77.